The number of nitrogens with zero attached hydrogens (tertiary/aromatic N) is 2. The highest BCUT2D eigenvalue weighted by Crippen LogP contribution is 2.12. The highest BCUT2D eigenvalue weighted by molar-refractivity contribution is 5.79. The average Bonchev–Trinajstić information content (AvgIpc) is 2.47. The molecule has 0 aliphatic heterocycles. The van der Waals surface area contributed by atoms with E-state index in [0.29, 0.717) is 13.1 Å². The van der Waals surface area contributed by atoms with Gasteiger partial charge < -0.3 is 14.7 Å². The number of likely N-dealkylation sites (N-methyl/N-ethyl adjacent to an activating group) is 1. The molecule has 0 saturated heterocycles. The van der Waals surface area contributed by atoms with E-state index in [2.05, 4.69) is 0 Å². The van der Waals surface area contributed by atoms with Gasteiger partial charge in [-0.1, -0.05) is 19.1 Å². The van der Waals surface area contributed by atoms with Crippen molar-refractivity contribution in [3.05, 3.63) is 29.8 Å². The van der Waals surface area contributed by atoms with Crippen molar-refractivity contribution in [1.29, 1.82) is 0 Å². The molecule has 0 atom stereocenters. The van der Waals surface area contributed by atoms with E-state index in [1.54, 1.807) is 24.0 Å². The first-order chi connectivity index (χ1) is 10.5. The molecule has 1 aromatic carbocycles. The van der Waals surface area contributed by atoms with Crippen molar-refractivity contribution in [2.24, 2.45) is 0 Å². The van der Waals surface area contributed by atoms with Gasteiger partial charge in [0.15, 0.2) is 0 Å². The fourth-order valence-corrected chi connectivity index (χ4v) is 2.13. The number of benzene rings is 1. The van der Waals surface area contributed by atoms with Crippen LogP contribution in [0.2, 0.25) is 0 Å². The fourth-order valence-electron chi connectivity index (χ4n) is 2.13. The van der Waals surface area contributed by atoms with E-state index in [0.717, 1.165) is 17.7 Å². The predicted molar refractivity (Wildman–Crippen MR) is 83.8 cm³/mol. The van der Waals surface area contributed by atoms with Crippen LogP contribution in [0.15, 0.2) is 24.3 Å². The van der Waals surface area contributed by atoms with Crippen molar-refractivity contribution in [2.45, 2.75) is 19.9 Å². The monoisotopic (exact) mass is 308 g/mol. The molecule has 0 unspecified atom stereocenters. The Morgan fingerprint density at radius 2 is 1.82 bits per heavy atom. The maximum atomic E-state index is 12.2. The van der Waals surface area contributed by atoms with Crippen molar-refractivity contribution in [2.75, 3.05) is 33.8 Å². The number of carbonyl (C=O) groups is 2. The standard InChI is InChI=1S/C16H24N2O4/c1-4-9-18(12-16(20)21)11-15(19)17(2)10-13-5-7-14(22-3)8-6-13/h5-8H,4,9-12H2,1-3H3,(H,20,21). The highest BCUT2D eigenvalue weighted by atomic mass is 16.5. The van der Waals surface area contributed by atoms with Crippen LogP contribution in [0.3, 0.4) is 0 Å². The van der Waals surface area contributed by atoms with Gasteiger partial charge in [-0.3, -0.25) is 14.5 Å². The highest BCUT2D eigenvalue weighted by Gasteiger charge is 2.16. The maximum Gasteiger partial charge on any atom is 0.317 e. The summed E-state index contributed by atoms with van der Waals surface area (Å²) in [4.78, 5) is 26.3. The molecule has 0 aliphatic rings. The Balaban J connectivity index is 2.56. The first-order valence-electron chi connectivity index (χ1n) is 7.27. The van der Waals surface area contributed by atoms with Gasteiger partial charge in [0.2, 0.25) is 5.91 Å². The van der Waals surface area contributed by atoms with Gasteiger partial charge in [-0.25, -0.2) is 0 Å². The lowest BCUT2D eigenvalue weighted by atomic mass is 10.2. The zero-order chi connectivity index (χ0) is 16.5. The number of carboxylic acid groups (broad SMARTS) is 1. The van der Waals surface area contributed by atoms with E-state index in [4.69, 9.17) is 9.84 Å². The molecule has 1 amide bonds. The minimum absolute atomic E-state index is 0.0921. The van der Waals surface area contributed by atoms with Gasteiger partial charge in [0.25, 0.3) is 0 Å². The normalized spacial score (nSPS) is 10.5. The lowest BCUT2D eigenvalue weighted by Crippen LogP contribution is -2.40. The van der Waals surface area contributed by atoms with Crippen LogP contribution in [0.5, 0.6) is 5.75 Å². The van der Waals surface area contributed by atoms with E-state index >= 15 is 0 Å². The van der Waals surface area contributed by atoms with Gasteiger partial charge in [0.1, 0.15) is 5.75 Å². The fraction of sp³-hybridized carbons (Fsp3) is 0.500. The number of aliphatic carboxylic acids is 1. The zero-order valence-corrected chi connectivity index (χ0v) is 13.4. The summed E-state index contributed by atoms with van der Waals surface area (Å²) in [5, 5.41) is 8.87. The molecule has 1 N–H and O–H groups in total. The first kappa shape index (κ1) is 18.0. The molecule has 1 aromatic rings. The molecule has 0 spiro atoms. The molecule has 6 heteroatoms. The molecule has 0 aliphatic carbocycles. The Hall–Kier alpha value is -2.08. The van der Waals surface area contributed by atoms with Gasteiger partial charge in [0.05, 0.1) is 20.2 Å². The van der Waals surface area contributed by atoms with Crippen LogP contribution in [0.25, 0.3) is 0 Å². The van der Waals surface area contributed by atoms with Gasteiger partial charge in [-0.2, -0.15) is 0 Å². The minimum atomic E-state index is -0.918. The molecular formula is C16H24N2O4. The summed E-state index contributed by atoms with van der Waals surface area (Å²) >= 11 is 0. The molecule has 22 heavy (non-hydrogen) atoms. The molecule has 0 heterocycles. The van der Waals surface area contributed by atoms with Crippen LogP contribution >= 0.6 is 0 Å². The molecule has 6 nitrogen and oxygen atoms in total. The molecule has 0 aromatic heterocycles. The molecule has 0 bridgehead atoms. The van der Waals surface area contributed by atoms with Crippen LogP contribution in [-0.2, 0) is 16.1 Å². The first-order valence-corrected chi connectivity index (χ1v) is 7.27. The number of methoxy groups -OCH3 is 1. The summed E-state index contributed by atoms with van der Waals surface area (Å²) in [6, 6.07) is 7.51. The summed E-state index contributed by atoms with van der Waals surface area (Å²) in [7, 11) is 3.33. The van der Waals surface area contributed by atoms with Crippen molar-refractivity contribution < 1.29 is 19.4 Å². The molecule has 122 valence electrons. The van der Waals surface area contributed by atoms with Crippen LogP contribution in [0.4, 0.5) is 0 Å². The smallest absolute Gasteiger partial charge is 0.317 e. The second kappa shape index (κ2) is 9.04. The van der Waals surface area contributed by atoms with Gasteiger partial charge in [0, 0.05) is 13.6 Å². The number of amides is 1. The van der Waals surface area contributed by atoms with E-state index in [9.17, 15) is 9.59 Å². The predicted octanol–water partition coefficient (Wildman–Crippen LogP) is 1.45. The van der Waals surface area contributed by atoms with Gasteiger partial charge in [-0.05, 0) is 30.7 Å². The Kier molecular flexibility index (Phi) is 7.39. The van der Waals surface area contributed by atoms with E-state index in [-0.39, 0.29) is 19.0 Å². The number of ether oxygens (including phenoxy) is 1. The Bertz CT molecular complexity index is 487. The van der Waals surface area contributed by atoms with Crippen LogP contribution < -0.4 is 4.74 Å². The zero-order valence-electron chi connectivity index (χ0n) is 13.4. The third-order valence-corrected chi connectivity index (χ3v) is 3.26. The maximum absolute atomic E-state index is 12.2. The number of carboxylic acids is 1. The summed E-state index contributed by atoms with van der Waals surface area (Å²) in [6.07, 6.45) is 0.808. The second-order valence-corrected chi connectivity index (χ2v) is 5.20. The molecule has 1 rings (SSSR count). The molecular weight excluding hydrogens is 284 g/mol. The Morgan fingerprint density at radius 1 is 1.18 bits per heavy atom. The Labute approximate surface area is 131 Å². The Morgan fingerprint density at radius 3 is 2.32 bits per heavy atom. The topological polar surface area (TPSA) is 70.1 Å². The second-order valence-electron chi connectivity index (χ2n) is 5.20. The summed E-state index contributed by atoms with van der Waals surface area (Å²) in [5.74, 6) is -0.238. The number of hydrogen-bond acceptors (Lipinski definition) is 4. The summed E-state index contributed by atoms with van der Waals surface area (Å²) in [5.41, 5.74) is 0.997. The number of hydrogen-bond donors (Lipinski definition) is 1. The quantitative estimate of drug-likeness (QED) is 0.748. The van der Waals surface area contributed by atoms with Crippen molar-refractivity contribution >= 4 is 11.9 Å². The number of rotatable bonds is 9. The lowest BCUT2D eigenvalue weighted by Gasteiger charge is -2.23. The van der Waals surface area contributed by atoms with Crippen molar-refractivity contribution in [1.82, 2.24) is 9.80 Å². The SMILES string of the molecule is CCCN(CC(=O)O)CC(=O)N(C)Cc1ccc(OC)cc1. The van der Waals surface area contributed by atoms with E-state index in [1.807, 2.05) is 31.2 Å². The van der Waals surface area contributed by atoms with Crippen LogP contribution in [0.1, 0.15) is 18.9 Å². The molecule has 0 radical (unpaired) electrons. The largest absolute Gasteiger partial charge is 0.497 e. The molecule has 0 saturated carbocycles. The van der Waals surface area contributed by atoms with Crippen LogP contribution in [0, 0.1) is 0 Å². The summed E-state index contributed by atoms with van der Waals surface area (Å²) < 4.78 is 5.10. The third-order valence-electron chi connectivity index (χ3n) is 3.26. The van der Waals surface area contributed by atoms with Gasteiger partial charge >= 0.3 is 5.97 Å². The van der Waals surface area contributed by atoms with Gasteiger partial charge in [-0.15, -0.1) is 0 Å². The number of carbonyl (C=O) groups excluding carboxylic acids is 1. The van der Waals surface area contributed by atoms with Crippen molar-refractivity contribution in [3.8, 4) is 5.75 Å². The average molecular weight is 308 g/mol. The molecule has 0 fully saturated rings. The van der Waals surface area contributed by atoms with Crippen molar-refractivity contribution in [3.63, 3.8) is 0 Å². The lowest BCUT2D eigenvalue weighted by molar-refractivity contribution is -0.139. The van der Waals surface area contributed by atoms with Crippen LogP contribution in [-0.4, -0.2) is 60.6 Å². The third kappa shape index (κ3) is 6.13. The van der Waals surface area contributed by atoms with E-state index < -0.39 is 5.97 Å². The van der Waals surface area contributed by atoms with E-state index in [1.165, 1.54) is 0 Å². The summed E-state index contributed by atoms with van der Waals surface area (Å²) in [6.45, 7) is 3.04. The minimum Gasteiger partial charge on any atom is -0.497 e.